The van der Waals surface area contributed by atoms with E-state index in [4.69, 9.17) is 0 Å². The first-order valence-corrected chi connectivity index (χ1v) is 8.49. The Labute approximate surface area is 147 Å². The number of hydrogen-bond acceptors (Lipinski definition) is 3. The van der Waals surface area contributed by atoms with Gasteiger partial charge in [-0.25, -0.2) is 0 Å². The third kappa shape index (κ3) is 3.72. The normalized spacial score (nSPS) is 17.0. The first-order chi connectivity index (χ1) is 12.1. The van der Waals surface area contributed by atoms with E-state index >= 15 is 0 Å². The number of fused-ring (bicyclic) bond motifs is 1. The van der Waals surface area contributed by atoms with E-state index in [0.29, 0.717) is 13.0 Å². The van der Waals surface area contributed by atoms with Crippen LogP contribution in [0.2, 0.25) is 0 Å². The van der Waals surface area contributed by atoms with Gasteiger partial charge in [0.05, 0.1) is 6.10 Å². The zero-order valence-corrected chi connectivity index (χ0v) is 14.2. The molecule has 130 valence electrons. The Bertz CT molecular complexity index is 761. The van der Waals surface area contributed by atoms with Gasteiger partial charge in [0.25, 0.3) is 0 Å². The van der Waals surface area contributed by atoms with E-state index in [1.54, 1.807) is 0 Å². The minimum Gasteiger partial charge on any atom is -0.388 e. The number of anilines is 1. The molecule has 1 heterocycles. The van der Waals surface area contributed by atoms with E-state index < -0.39 is 17.9 Å². The molecule has 2 aromatic carbocycles. The number of para-hydroxylation sites is 1. The summed E-state index contributed by atoms with van der Waals surface area (Å²) < 4.78 is 0. The van der Waals surface area contributed by atoms with E-state index in [1.165, 1.54) is 4.90 Å². The molecule has 0 saturated heterocycles. The Morgan fingerprint density at radius 3 is 2.60 bits per heavy atom. The number of rotatable bonds is 4. The van der Waals surface area contributed by atoms with Crippen molar-refractivity contribution in [1.29, 1.82) is 0 Å². The van der Waals surface area contributed by atoms with Gasteiger partial charge in [0.2, 0.25) is 0 Å². The average Bonchev–Trinajstić information content (AvgIpc) is 2.98. The lowest BCUT2D eigenvalue weighted by Crippen LogP contribution is -2.43. The van der Waals surface area contributed by atoms with Crippen LogP contribution in [0.15, 0.2) is 54.6 Å². The summed E-state index contributed by atoms with van der Waals surface area (Å²) in [7, 11) is 0. The lowest BCUT2D eigenvalue weighted by molar-refractivity contribution is -0.137. The zero-order chi connectivity index (χ0) is 17.8. The van der Waals surface area contributed by atoms with Crippen molar-refractivity contribution in [1.82, 2.24) is 5.32 Å². The number of aliphatic hydroxyl groups is 1. The maximum atomic E-state index is 12.5. The highest BCUT2D eigenvalue weighted by molar-refractivity contribution is 6.40. The monoisotopic (exact) mass is 338 g/mol. The molecule has 0 aliphatic carbocycles. The third-order valence-electron chi connectivity index (χ3n) is 4.54. The first kappa shape index (κ1) is 17.2. The Kier molecular flexibility index (Phi) is 5.14. The van der Waals surface area contributed by atoms with E-state index in [2.05, 4.69) is 5.32 Å². The van der Waals surface area contributed by atoms with Gasteiger partial charge in [-0.3, -0.25) is 9.59 Å². The van der Waals surface area contributed by atoms with Crippen molar-refractivity contribution in [2.75, 3.05) is 18.0 Å². The Morgan fingerprint density at radius 2 is 1.84 bits per heavy atom. The zero-order valence-electron chi connectivity index (χ0n) is 14.2. The van der Waals surface area contributed by atoms with Crippen molar-refractivity contribution in [2.45, 2.75) is 25.4 Å². The fraction of sp³-hybridized carbons (Fsp3) is 0.300. The number of amides is 2. The van der Waals surface area contributed by atoms with Gasteiger partial charge in [0.1, 0.15) is 0 Å². The van der Waals surface area contributed by atoms with Crippen LogP contribution in [0.3, 0.4) is 0 Å². The van der Waals surface area contributed by atoms with Crippen LogP contribution in [0.1, 0.15) is 36.5 Å². The maximum absolute atomic E-state index is 12.5. The SMILES string of the molecule is CC1CN(C(=O)C(=O)NCCC(O)c2ccccc2)c2ccccc21. The lowest BCUT2D eigenvalue weighted by atomic mass is 10.0. The number of benzene rings is 2. The summed E-state index contributed by atoms with van der Waals surface area (Å²) in [4.78, 5) is 26.2. The minimum atomic E-state index is -0.663. The second-order valence-electron chi connectivity index (χ2n) is 6.35. The molecule has 2 atom stereocenters. The van der Waals surface area contributed by atoms with Crippen LogP contribution in [0.5, 0.6) is 0 Å². The van der Waals surface area contributed by atoms with Gasteiger partial charge in [-0.05, 0) is 23.6 Å². The van der Waals surface area contributed by atoms with Crippen molar-refractivity contribution >= 4 is 17.5 Å². The second kappa shape index (κ2) is 7.49. The molecule has 25 heavy (non-hydrogen) atoms. The molecule has 2 aromatic rings. The van der Waals surface area contributed by atoms with Crippen LogP contribution in [0, 0.1) is 0 Å². The predicted molar refractivity (Wildman–Crippen MR) is 96.2 cm³/mol. The molecule has 0 bridgehead atoms. The Balaban J connectivity index is 1.55. The molecule has 1 aliphatic rings. The van der Waals surface area contributed by atoms with Gasteiger partial charge in [-0.2, -0.15) is 0 Å². The summed E-state index contributed by atoms with van der Waals surface area (Å²) in [6.45, 7) is 2.80. The van der Waals surface area contributed by atoms with Crippen LogP contribution < -0.4 is 10.2 Å². The number of hydrogen-bond donors (Lipinski definition) is 2. The number of carbonyl (C=O) groups excluding carboxylic acids is 2. The van der Waals surface area contributed by atoms with E-state index in [0.717, 1.165) is 16.8 Å². The molecule has 5 heteroatoms. The van der Waals surface area contributed by atoms with Crippen LogP contribution in [-0.2, 0) is 9.59 Å². The molecule has 2 amide bonds. The van der Waals surface area contributed by atoms with Gasteiger partial charge in [-0.1, -0.05) is 55.5 Å². The smallest absolute Gasteiger partial charge is 0.316 e. The van der Waals surface area contributed by atoms with Crippen LogP contribution in [0.4, 0.5) is 5.69 Å². The van der Waals surface area contributed by atoms with Crippen molar-refractivity contribution < 1.29 is 14.7 Å². The summed E-state index contributed by atoms with van der Waals surface area (Å²) >= 11 is 0. The van der Waals surface area contributed by atoms with Crippen LogP contribution in [0.25, 0.3) is 0 Å². The Morgan fingerprint density at radius 1 is 1.16 bits per heavy atom. The molecular weight excluding hydrogens is 316 g/mol. The van der Waals surface area contributed by atoms with Gasteiger partial charge >= 0.3 is 11.8 Å². The first-order valence-electron chi connectivity index (χ1n) is 8.49. The summed E-state index contributed by atoms with van der Waals surface area (Å²) in [6.07, 6.45) is -0.306. The molecule has 3 rings (SSSR count). The summed E-state index contributed by atoms with van der Waals surface area (Å²) in [6, 6.07) is 16.9. The van der Waals surface area contributed by atoms with Crippen LogP contribution in [-0.4, -0.2) is 30.0 Å². The fourth-order valence-corrected chi connectivity index (χ4v) is 3.18. The van der Waals surface area contributed by atoms with Crippen molar-refractivity contribution in [2.24, 2.45) is 0 Å². The predicted octanol–water partition coefficient (Wildman–Crippen LogP) is 2.38. The standard InChI is InChI=1S/C20H22N2O3/c1-14-13-22(17-10-6-5-9-16(14)17)20(25)19(24)21-12-11-18(23)15-7-3-2-4-8-15/h2-10,14,18,23H,11-13H2,1H3,(H,21,24). The van der Waals surface area contributed by atoms with Crippen LogP contribution >= 0.6 is 0 Å². The second-order valence-corrected chi connectivity index (χ2v) is 6.35. The average molecular weight is 338 g/mol. The highest BCUT2D eigenvalue weighted by Gasteiger charge is 2.32. The topological polar surface area (TPSA) is 69.6 Å². The van der Waals surface area contributed by atoms with Crippen molar-refractivity contribution in [3.05, 3.63) is 65.7 Å². The molecule has 0 aromatic heterocycles. The molecule has 5 nitrogen and oxygen atoms in total. The van der Waals surface area contributed by atoms with Gasteiger partial charge < -0.3 is 15.3 Å². The number of nitrogens with zero attached hydrogens (tertiary/aromatic N) is 1. The molecular formula is C20H22N2O3. The highest BCUT2D eigenvalue weighted by atomic mass is 16.3. The van der Waals surface area contributed by atoms with Gasteiger partial charge in [-0.15, -0.1) is 0 Å². The summed E-state index contributed by atoms with van der Waals surface area (Å²) in [5.74, 6) is -0.969. The lowest BCUT2D eigenvalue weighted by Gasteiger charge is -2.17. The molecule has 0 radical (unpaired) electrons. The van der Waals surface area contributed by atoms with Crippen molar-refractivity contribution in [3.8, 4) is 0 Å². The summed E-state index contributed by atoms with van der Waals surface area (Å²) in [5.41, 5.74) is 2.69. The van der Waals surface area contributed by atoms with Crippen molar-refractivity contribution in [3.63, 3.8) is 0 Å². The molecule has 1 aliphatic heterocycles. The maximum Gasteiger partial charge on any atom is 0.316 e. The molecule has 2 N–H and O–H groups in total. The molecule has 0 saturated carbocycles. The fourth-order valence-electron chi connectivity index (χ4n) is 3.18. The molecule has 2 unspecified atom stereocenters. The Hall–Kier alpha value is -2.66. The number of carbonyl (C=O) groups is 2. The van der Waals surface area contributed by atoms with E-state index in [1.807, 2.05) is 61.5 Å². The third-order valence-corrected chi connectivity index (χ3v) is 4.54. The van der Waals surface area contributed by atoms with Gasteiger partial charge in [0.15, 0.2) is 0 Å². The quantitative estimate of drug-likeness (QED) is 0.841. The van der Waals surface area contributed by atoms with E-state index in [-0.39, 0.29) is 12.5 Å². The minimum absolute atomic E-state index is 0.216. The van der Waals surface area contributed by atoms with Gasteiger partial charge in [0, 0.05) is 24.7 Å². The highest BCUT2D eigenvalue weighted by Crippen LogP contribution is 2.35. The molecule has 0 fully saturated rings. The number of nitrogens with one attached hydrogen (secondary N) is 1. The van der Waals surface area contributed by atoms with E-state index in [9.17, 15) is 14.7 Å². The largest absolute Gasteiger partial charge is 0.388 e. The molecule has 0 spiro atoms. The number of aliphatic hydroxyl groups excluding tert-OH is 1. The summed E-state index contributed by atoms with van der Waals surface area (Å²) in [5, 5.41) is 12.7.